The van der Waals surface area contributed by atoms with Crippen LogP contribution in [0.3, 0.4) is 0 Å². The van der Waals surface area contributed by atoms with Gasteiger partial charge >= 0.3 is 0 Å². The summed E-state index contributed by atoms with van der Waals surface area (Å²) in [5.74, 6) is 0.537. The van der Waals surface area contributed by atoms with Gasteiger partial charge in [-0.25, -0.2) is 0 Å². The monoisotopic (exact) mass is 270 g/mol. The van der Waals surface area contributed by atoms with Gasteiger partial charge in [0, 0.05) is 5.54 Å². The van der Waals surface area contributed by atoms with Gasteiger partial charge in [-0.15, -0.1) is 0 Å². The zero-order valence-corrected chi connectivity index (χ0v) is 14.1. The summed E-state index contributed by atoms with van der Waals surface area (Å²) in [6.45, 7) is 16.5. The first-order chi connectivity index (χ1) is 7.98. The predicted octanol–water partition coefficient (Wildman–Crippen LogP) is 2.97. The molecule has 0 aliphatic carbocycles. The summed E-state index contributed by atoms with van der Waals surface area (Å²) in [5, 5.41) is 0.207. The molecule has 1 rings (SSSR count). The summed E-state index contributed by atoms with van der Waals surface area (Å²) in [7, 11) is -1.75. The SMILES string of the molecule is CC1(C)C(CCCN)C(=O)N1[Si](C)(C)C(C)(C)C. The summed E-state index contributed by atoms with van der Waals surface area (Å²) < 4.78 is 2.22. The molecule has 0 spiro atoms. The Morgan fingerprint density at radius 2 is 1.83 bits per heavy atom. The molecule has 1 saturated heterocycles. The molecule has 0 saturated carbocycles. The molecule has 1 heterocycles. The fourth-order valence-corrected chi connectivity index (χ4v) is 5.94. The minimum Gasteiger partial charge on any atom is -0.363 e. The standard InChI is InChI=1S/C14H30N2OSi/c1-13(2,3)18(6,7)16-12(17)11(9-8-10-15)14(16,4)5/h11H,8-10,15H2,1-7H3. The minimum absolute atomic E-state index is 0.00918. The van der Waals surface area contributed by atoms with E-state index >= 15 is 0 Å². The van der Waals surface area contributed by atoms with Gasteiger partial charge in [-0.05, 0) is 38.3 Å². The molecule has 1 aliphatic rings. The van der Waals surface area contributed by atoms with Crippen molar-refractivity contribution in [1.29, 1.82) is 0 Å². The number of nitrogens with two attached hydrogens (primary N) is 1. The minimum atomic E-state index is -1.75. The maximum Gasteiger partial charge on any atom is 0.220 e. The van der Waals surface area contributed by atoms with Crippen molar-refractivity contribution in [3.05, 3.63) is 0 Å². The Morgan fingerprint density at radius 1 is 1.33 bits per heavy atom. The van der Waals surface area contributed by atoms with Crippen LogP contribution in [0.15, 0.2) is 0 Å². The van der Waals surface area contributed by atoms with E-state index in [0.717, 1.165) is 12.8 Å². The van der Waals surface area contributed by atoms with Crippen LogP contribution in [-0.2, 0) is 4.79 Å². The molecule has 0 aromatic carbocycles. The van der Waals surface area contributed by atoms with Gasteiger partial charge in [0.2, 0.25) is 5.91 Å². The topological polar surface area (TPSA) is 46.3 Å². The van der Waals surface area contributed by atoms with Crippen molar-refractivity contribution < 1.29 is 4.79 Å². The predicted molar refractivity (Wildman–Crippen MR) is 79.9 cm³/mol. The Kier molecular flexibility index (Phi) is 4.05. The number of carbonyl (C=O) groups is 1. The zero-order chi connectivity index (χ0) is 14.4. The highest BCUT2D eigenvalue weighted by Crippen LogP contribution is 2.50. The van der Waals surface area contributed by atoms with Crippen LogP contribution in [0.5, 0.6) is 0 Å². The number of nitrogens with zero attached hydrogens (tertiary/aromatic N) is 1. The van der Waals surface area contributed by atoms with Crippen molar-refractivity contribution in [2.45, 2.75) is 71.1 Å². The highest BCUT2D eigenvalue weighted by atomic mass is 28.3. The van der Waals surface area contributed by atoms with Crippen LogP contribution < -0.4 is 5.73 Å². The fourth-order valence-electron chi connectivity index (χ4n) is 2.96. The molecule has 0 aromatic rings. The third kappa shape index (κ3) is 2.25. The number of rotatable bonds is 4. The summed E-state index contributed by atoms with van der Waals surface area (Å²) in [5.41, 5.74) is 5.57. The Bertz CT molecular complexity index is 331. The molecule has 18 heavy (non-hydrogen) atoms. The summed E-state index contributed by atoms with van der Waals surface area (Å²) in [6, 6.07) is 0. The maximum atomic E-state index is 12.5. The van der Waals surface area contributed by atoms with Crippen LogP contribution in [0.4, 0.5) is 0 Å². The van der Waals surface area contributed by atoms with Gasteiger partial charge in [-0.2, -0.15) is 0 Å². The molecule has 0 bridgehead atoms. The van der Waals surface area contributed by atoms with E-state index in [1.807, 2.05) is 0 Å². The highest BCUT2D eigenvalue weighted by Gasteiger charge is 2.60. The van der Waals surface area contributed by atoms with Crippen LogP contribution in [0.1, 0.15) is 47.5 Å². The number of carbonyl (C=O) groups excluding carboxylic acids is 1. The molecule has 4 heteroatoms. The van der Waals surface area contributed by atoms with E-state index in [2.05, 4.69) is 52.3 Å². The van der Waals surface area contributed by atoms with Crippen molar-refractivity contribution in [2.24, 2.45) is 11.7 Å². The van der Waals surface area contributed by atoms with Crippen molar-refractivity contribution in [3.8, 4) is 0 Å². The zero-order valence-electron chi connectivity index (χ0n) is 13.1. The molecule has 1 aliphatic heterocycles. The molecule has 1 fully saturated rings. The van der Waals surface area contributed by atoms with Crippen molar-refractivity contribution in [2.75, 3.05) is 6.54 Å². The summed E-state index contributed by atoms with van der Waals surface area (Å²) in [6.07, 6.45) is 1.89. The number of hydrogen-bond donors (Lipinski definition) is 1. The van der Waals surface area contributed by atoms with Crippen LogP contribution in [0.2, 0.25) is 18.1 Å². The normalized spacial score (nSPS) is 24.1. The Labute approximate surface area is 113 Å². The molecule has 2 N–H and O–H groups in total. The molecule has 1 unspecified atom stereocenters. The van der Waals surface area contributed by atoms with E-state index in [9.17, 15) is 4.79 Å². The number of amides is 1. The van der Waals surface area contributed by atoms with E-state index < -0.39 is 8.24 Å². The van der Waals surface area contributed by atoms with Gasteiger partial charge in [-0.3, -0.25) is 4.79 Å². The van der Waals surface area contributed by atoms with Crippen molar-refractivity contribution in [1.82, 2.24) is 4.57 Å². The van der Waals surface area contributed by atoms with Gasteiger partial charge < -0.3 is 10.3 Å². The second-order valence-corrected chi connectivity index (χ2v) is 12.7. The van der Waals surface area contributed by atoms with E-state index in [1.54, 1.807) is 0 Å². The number of hydrogen-bond acceptors (Lipinski definition) is 2. The lowest BCUT2D eigenvalue weighted by atomic mass is 9.76. The van der Waals surface area contributed by atoms with Gasteiger partial charge in [0.15, 0.2) is 8.24 Å². The first-order valence-electron chi connectivity index (χ1n) is 7.02. The van der Waals surface area contributed by atoms with Gasteiger partial charge in [-0.1, -0.05) is 33.9 Å². The second kappa shape index (κ2) is 4.64. The molecular formula is C14H30N2OSi. The van der Waals surface area contributed by atoms with Gasteiger partial charge in [0.1, 0.15) is 0 Å². The summed E-state index contributed by atoms with van der Waals surface area (Å²) in [4.78, 5) is 12.5. The highest BCUT2D eigenvalue weighted by molar-refractivity contribution is 6.80. The van der Waals surface area contributed by atoms with E-state index in [1.165, 1.54) is 0 Å². The lowest BCUT2D eigenvalue weighted by molar-refractivity contribution is -0.157. The van der Waals surface area contributed by atoms with Crippen LogP contribution in [-0.4, -0.2) is 30.8 Å². The van der Waals surface area contributed by atoms with Crippen LogP contribution >= 0.6 is 0 Å². The average Bonchev–Trinajstić information content (AvgIpc) is 2.14. The van der Waals surface area contributed by atoms with Crippen LogP contribution in [0, 0.1) is 5.92 Å². The molecule has 106 valence electrons. The van der Waals surface area contributed by atoms with Crippen LogP contribution in [0.25, 0.3) is 0 Å². The van der Waals surface area contributed by atoms with E-state index in [4.69, 9.17) is 5.73 Å². The first kappa shape index (κ1) is 15.7. The van der Waals surface area contributed by atoms with Crippen molar-refractivity contribution >= 4 is 14.1 Å². The molecular weight excluding hydrogens is 240 g/mol. The Hall–Kier alpha value is -0.353. The third-order valence-electron chi connectivity index (χ3n) is 5.04. The molecule has 1 atom stereocenters. The molecule has 3 nitrogen and oxygen atoms in total. The Balaban J connectivity index is 2.92. The largest absolute Gasteiger partial charge is 0.363 e. The van der Waals surface area contributed by atoms with E-state index in [0.29, 0.717) is 12.5 Å². The lowest BCUT2D eigenvalue weighted by Gasteiger charge is -2.63. The molecule has 0 aromatic heterocycles. The third-order valence-corrected chi connectivity index (χ3v) is 10.6. The second-order valence-electron chi connectivity index (χ2n) is 7.62. The smallest absolute Gasteiger partial charge is 0.220 e. The molecule has 0 radical (unpaired) electrons. The van der Waals surface area contributed by atoms with Gasteiger partial charge in [0.25, 0.3) is 0 Å². The Morgan fingerprint density at radius 3 is 2.17 bits per heavy atom. The maximum absolute atomic E-state index is 12.5. The first-order valence-corrected chi connectivity index (χ1v) is 9.97. The quantitative estimate of drug-likeness (QED) is 0.630. The van der Waals surface area contributed by atoms with E-state index in [-0.39, 0.29) is 16.5 Å². The van der Waals surface area contributed by atoms with Gasteiger partial charge in [0.05, 0.1) is 5.92 Å². The molecule has 1 amide bonds. The van der Waals surface area contributed by atoms with Crippen molar-refractivity contribution in [3.63, 3.8) is 0 Å². The lowest BCUT2D eigenvalue weighted by Crippen LogP contribution is -2.77. The fraction of sp³-hybridized carbons (Fsp3) is 0.929. The average molecular weight is 270 g/mol. The number of β-lactam (4-membered cyclic amide) rings is 1. The summed E-state index contributed by atoms with van der Waals surface area (Å²) >= 11 is 0.